The van der Waals surface area contributed by atoms with Gasteiger partial charge in [0.05, 0.1) is 0 Å². The molecule has 1 heterocycles. The monoisotopic (exact) mass is 311 g/mol. The molecule has 2 aromatic carbocycles. The fourth-order valence-corrected chi connectivity index (χ4v) is 2.63. The molecular weight excluding hydrogens is 294 g/mol. The van der Waals surface area contributed by atoms with Crippen molar-refractivity contribution in [3.63, 3.8) is 0 Å². The van der Waals surface area contributed by atoms with E-state index in [4.69, 9.17) is 4.74 Å². The quantitative estimate of drug-likeness (QED) is 0.746. The van der Waals surface area contributed by atoms with E-state index >= 15 is 0 Å². The number of nitrogens with zero attached hydrogens (tertiary/aromatic N) is 2. The molecule has 1 N–H and O–H groups in total. The minimum atomic E-state index is 0.565. The number of benzene rings is 2. The van der Waals surface area contributed by atoms with Crippen LogP contribution in [0, 0.1) is 6.92 Å². The molecule has 0 aliphatic carbocycles. The Kier molecular flexibility index (Phi) is 4.65. The van der Waals surface area contributed by atoms with Gasteiger partial charge in [0.2, 0.25) is 5.13 Å². The first-order valence-electron chi connectivity index (χ1n) is 7.10. The highest BCUT2D eigenvalue weighted by atomic mass is 32.1. The highest BCUT2D eigenvalue weighted by Gasteiger charge is 2.05. The van der Waals surface area contributed by atoms with Gasteiger partial charge >= 0.3 is 0 Å². The Morgan fingerprint density at radius 2 is 1.82 bits per heavy atom. The number of rotatable bonds is 6. The van der Waals surface area contributed by atoms with E-state index in [0.29, 0.717) is 13.2 Å². The summed E-state index contributed by atoms with van der Waals surface area (Å²) >= 11 is 1.37. The SMILES string of the molecule is Cc1nsc(NCc2ccccc2OCc2ccccc2)n1. The molecule has 0 saturated heterocycles. The number of para-hydroxylation sites is 1. The number of nitrogens with one attached hydrogen (secondary N) is 1. The lowest BCUT2D eigenvalue weighted by molar-refractivity contribution is 0.303. The lowest BCUT2D eigenvalue weighted by Crippen LogP contribution is -2.03. The summed E-state index contributed by atoms with van der Waals surface area (Å²) < 4.78 is 10.1. The Hall–Kier alpha value is -2.40. The summed E-state index contributed by atoms with van der Waals surface area (Å²) in [4.78, 5) is 4.30. The largest absolute Gasteiger partial charge is 0.489 e. The molecule has 3 rings (SSSR count). The van der Waals surface area contributed by atoms with Gasteiger partial charge in [-0.05, 0) is 18.6 Å². The van der Waals surface area contributed by atoms with E-state index in [1.165, 1.54) is 11.5 Å². The maximum atomic E-state index is 5.94. The van der Waals surface area contributed by atoms with Crippen molar-refractivity contribution in [2.24, 2.45) is 0 Å². The van der Waals surface area contributed by atoms with Crippen LogP contribution in [0.15, 0.2) is 54.6 Å². The van der Waals surface area contributed by atoms with Crippen molar-refractivity contribution in [2.45, 2.75) is 20.1 Å². The molecule has 0 saturated carbocycles. The van der Waals surface area contributed by atoms with Crippen molar-refractivity contribution < 1.29 is 4.74 Å². The highest BCUT2D eigenvalue weighted by Crippen LogP contribution is 2.21. The Bertz CT molecular complexity index is 728. The van der Waals surface area contributed by atoms with Crippen LogP contribution >= 0.6 is 11.5 Å². The van der Waals surface area contributed by atoms with Gasteiger partial charge in [0.15, 0.2) is 0 Å². The fourth-order valence-electron chi connectivity index (χ4n) is 2.07. The standard InChI is InChI=1S/C17H17N3OS/c1-13-19-17(22-20-13)18-11-15-9-5-6-10-16(15)21-12-14-7-3-2-4-8-14/h2-10H,11-12H2,1H3,(H,18,19,20). The summed E-state index contributed by atoms with van der Waals surface area (Å²) in [5.41, 5.74) is 2.26. The molecule has 0 aliphatic heterocycles. The third-order valence-corrected chi connectivity index (χ3v) is 3.93. The number of anilines is 1. The van der Waals surface area contributed by atoms with Crippen LogP contribution in [0.25, 0.3) is 0 Å². The second-order valence-corrected chi connectivity index (χ2v) is 5.63. The zero-order chi connectivity index (χ0) is 15.2. The average Bonchev–Trinajstić information content (AvgIpc) is 2.98. The first-order valence-corrected chi connectivity index (χ1v) is 7.87. The van der Waals surface area contributed by atoms with Crippen molar-refractivity contribution in [1.29, 1.82) is 0 Å². The van der Waals surface area contributed by atoms with E-state index in [9.17, 15) is 0 Å². The van der Waals surface area contributed by atoms with Crippen molar-refractivity contribution in [1.82, 2.24) is 9.36 Å². The first kappa shape index (κ1) is 14.5. The van der Waals surface area contributed by atoms with Gasteiger partial charge < -0.3 is 10.1 Å². The topological polar surface area (TPSA) is 47.0 Å². The molecule has 0 spiro atoms. The van der Waals surface area contributed by atoms with Gasteiger partial charge in [-0.25, -0.2) is 4.98 Å². The molecule has 0 aliphatic rings. The van der Waals surface area contributed by atoms with Crippen LogP contribution in [0.5, 0.6) is 5.75 Å². The van der Waals surface area contributed by atoms with E-state index in [1.807, 2.05) is 43.3 Å². The Morgan fingerprint density at radius 3 is 2.59 bits per heavy atom. The molecule has 3 aromatic rings. The Labute approximate surface area is 134 Å². The number of hydrogen-bond donors (Lipinski definition) is 1. The number of aryl methyl sites for hydroxylation is 1. The minimum absolute atomic E-state index is 0.565. The summed E-state index contributed by atoms with van der Waals surface area (Å²) in [6.45, 7) is 3.12. The average molecular weight is 311 g/mol. The molecule has 1 aromatic heterocycles. The summed E-state index contributed by atoms with van der Waals surface area (Å²) in [5.74, 6) is 1.68. The fraction of sp³-hybridized carbons (Fsp3) is 0.176. The van der Waals surface area contributed by atoms with Crippen molar-refractivity contribution in [3.8, 4) is 5.75 Å². The highest BCUT2D eigenvalue weighted by molar-refractivity contribution is 7.09. The lowest BCUT2D eigenvalue weighted by atomic mass is 10.2. The van der Waals surface area contributed by atoms with Gasteiger partial charge in [0, 0.05) is 23.6 Å². The zero-order valence-electron chi connectivity index (χ0n) is 12.3. The second-order valence-electron chi connectivity index (χ2n) is 4.88. The van der Waals surface area contributed by atoms with Crippen molar-refractivity contribution in [3.05, 3.63) is 71.5 Å². The summed E-state index contributed by atoms with van der Waals surface area (Å²) in [6, 6.07) is 18.2. The Balaban J connectivity index is 1.64. The molecule has 112 valence electrons. The van der Waals surface area contributed by atoms with E-state index in [2.05, 4.69) is 32.9 Å². The van der Waals surface area contributed by atoms with Crippen LogP contribution in [-0.4, -0.2) is 9.36 Å². The third-order valence-electron chi connectivity index (χ3n) is 3.17. The maximum Gasteiger partial charge on any atom is 0.202 e. The van der Waals surface area contributed by atoms with Crippen LogP contribution in [-0.2, 0) is 13.2 Å². The molecule has 4 nitrogen and oxygen atoms in total. The molecule has 0 fully saturated rings. The van der Waals surface area contributed by atoms with Gasteiger partial charge in [-0.3, -0.25) is 0 Å². The molecule has 0 unspecified atom stereocenters. The summed E-state index contributed by atoms with van der Waals surface area (Å²) in [5, 5.41) is 4.11. The molecule has 5 heteroatoms. The van der Waals surface area contributed by atoms with Crippen LogP contribution in [0.2, 0.25) is 0 Å². The molecular formula is C17H17N3OS. The van der Waals surface area contributed by atoms with E-state index in [0.717, 1.165) is 27.8 Å². The minimum Gasteiger partial charge on any atom is -0.489 e. The van der Waals surface area contributed by atoms with Gasteiger partial charge in [-0.1, -0.05) is 48.5 Å². The van der Waals surface area contributed by atoms with E-state index in [1.54, 1.807) is 0 Å². The lowest BCUT2D eigenvalue weighted by Gasteiger charge is -2.11. The smallest absolute Gasteiger partial charge is 0.202 e. The number of aromatic nitrogens is 2. The van der Waals surface area contributed by atoms with Crippen LogP contribution in [0.1, 0.15) is 17.0 Å². The van der Waals surface area contributed by atoms with Crippen LogP contribution in [0.3, 0.4) is 0 Å². The summed E-state index contributed by atoms with van der Waals surface area (Å²) in [7, 11) is 0. The predicted octanol–water partition coefficient (Wildman–Crippen LogP) is 4.04. The van der Waals surface area contributed by atoms with E-state index in [-0.39, 0.29) is 0 Å². The van der Waals surface area contributed by atoms with Crippen molar-refractivity contribution >= 4 is 16.7 Å². The van der Waals surface area contributed by atoms with Gasteiger partial charge in [-0.2, -0.15) is 4.37 Å². The molecule has 0 amide bonds. The van der Waals surface area contributed by atoms with Crippen LogP contribution < -0.4 is 10.1 Å². The van der Waals surface area contributed by atoms with Gasteiger partial charge in [0.25, 0.3) is 0 Å². The first-order chi connectivity index (χ1) is 10.8. The number of ether oxygens (including phenoxy) is 1. The molecule has 22 heavy (non-hydrogen) atoms. The second kappa shape index (κ2) is 7.04. The van der Waals surface area contributed by atoms with Gasteiger partial charge in [-0.15, -0.1) is 0 Å². The maximum absolute atomic E-state index is 5.94. The third kappa shape index (κ3) is 3.83. The van der Waals surface area contributed by atoms with E-state index < -0.39 is 0 Å². The van der Waals surface area contributed by atoms with Gasteiger partial charge in [0.1, 0.15) is 18.2 Å². The molecule has 0 atom stereocenters. The molecule has 0 bridgehead atoms. The predicted molar refractivity (Wildman–Crippen MR) is 89.2 cm³/mol. The summed E-state index contributed by atoms with van der Waals surface area (Å²) in [6.07, 6.45) is 0. The zero-order valence-corrected chi connectivity index (χ0v) is 13.1. The number of hydrogen-bond acceptors (Lipinski definition) is 5. The van der Waals surface area contributed by atoms with Crippen LogP contribution in [0.4, 0.5) is 5.13 Å². The Morgan fingerprint density at radius 1 is 1.05 bits per heavy atom. The normalized spacial score (nSPS) is 10.4. The molecule has 0 radical (unpaired) electrons. The van der Waals surface area contributed by atoms with Crippen molar-refractivity contribution in [2.75, 3.05) is 5.32 Å².